The van der Waals surface area contributed by atoms with Crippen LogP contribution in [0.2, 0.25) is 0 Å². The van der Waals surface area contributed by atoms with Crippen LogP contribution in [-0.4, -0.2) is 11.1 Å². The molecule has 0 atom stereocenters. The molecule has 0 amide bonds. The maximum absolute atomic E-state index is 9.66. The smallest absolute Gasteiger partial charge is 0.304 e. The quantitative estimate of drug-likeness (QED) is 0.468. The third kappa shape index (κ3) is 29.4. The van der Waals surface area contributed by atoms with Gasteiger partial charge in [-0.1, -0.05) is 6.08 Å². The summed E-state index contributed by atoms with van der Waals surface area (Å²) in [5.74, 6) is 1.38. The van der Waals surface area contributed by atoms with E-state index in [-0.39, 0.29) is 6.42 Å². The normalized spacial score (nSPS) is 6.40. The second kappa shape index (κ2) is 10.7. The lowest BCUT2D eigenvalue weighted by Crippen LogP contribution is -1.91. The fraction of sp³-hybridized carbons (Fsp3) is 0.375. The number of carbonyl (C=O) groups is 1. The first-order valence-corrected chi connectivity index (χ1v) is 2.91. The van der Waals surface area contributed by atoms with E-state index in [9.17, 15) is 4.79 Å². The SMILES string of the molecule is C#CCCC(=O)O.C=CC. The van der Waals surface area contributed by atoms with Gasteiger partial charge in [-0.3, -0.25) is 4.79 Å². The van der Waals surface area contributed by atoms with Crippen molar-refractivity contribution in [3.63, 3.8) is 0 Å². The highest BCUT2D eigenvalue weighted by atomic mass is 16.4. The molecule has 0 saturated heterocycles. The van der Waals surface area contributed by atoms with E-state index < -0.39 is 5.97 Å². The molecule has 0 saturated carbocycles. The van der Waals surface area contributed by atoms with Crippen molar-refractivity contribution in [3.8, 4) is 12.3 Å². The highest BCUT2D eigenvalue weighted by Crippen LogP contribution is 1.82. The van der Waals surface area contributed by atoms with Crippen molar-refractivity contribution < 1.29 is 9.90 Å². The van der Waals surface area contributed by atoms with E-state index in [2.05, 4.69) is 12.5 Å². The van der Waals surface area contributed by atoms with Crippen molar-refractivity contribution in [2.24, 2.45) is 0 Å². The minimum Gasteiger partial charge on any atom is -0.481 e. The molecular weight excluding hydrogens is 128 g/mol. The fourth-order valence-corrected chi connectivity index (χ4v) is 0.179. The summed E-state index contributed by atoms with van der Waals surface area (Å²) < 4.78 is 0. The van der Waals surface area contributed by atoms with Gasteiger partial charge < -0.3 is 5.11 Å². The minimum atomic E-state index is -0.835. The first-order valence-electron chi connectivity index (χ1n) is 2.91. The van der Waals surface area contributed by atoms with Crippen molar-refractivity contribution in [3.05, 3.63) is 12.7 Å². The maximum atomic E-state index is 9.66. The number of hydrogen-bond donors (Lipinski definition) is 1. The van der Waals surface area contributed by atoms with Crippen LogP contribution in [-0.2, 0) is 4.79 Å². The molecule has 0 aliphatic rings. The Hall–Kier alpha value is -1.23. The molecule has 0 spiro atoms. The van der Waals surface area contributed by atoms with Gasteiger partial charge in [0.05, 0.1) is 6.42 Å². The summed E-state index contributed by atoms with van der Waals surface area (Å²) in [5, 5.41) is 7.95. The second-order valence-corrected chi connectivity index (χ2v) is 1.51. The predicted molar refractivity (Wildman–Crippen MR) is 41.6 cm³/mol. The lowest BCUT2D eigenvalue weighted by atomic mass is 10.3. The average molecular weight is 140 g/mol. The van der Waals surface area contributed by atoms with Crippen LogP contribution < -0.4 is 0 Å². The molecule has 2 nitrogen and oxygen atoms in total. The highest BCUT2D eigenvalue weighted by molar-refractivity contribution is 5.66. The lowest BCUT2D eigenvalue weighted by Gasteiger charge is -1.80. The molecule has 10 heavy (non-hydrogen) atoms. The number of aliphatic carboxylic acids is 1. The number of carboxylic acids is 1. The zero-order valence-electron chi connectivity index (χ0n) is 6.13. The Bertz CT molecular complexity index is 131. The van der Waals surface area contributed by atoms with E-state index in [1.165, 1.54) is 0 Å². The Balaban J connectivity index is 0. The van der Waals surface area contributed by atoms with Crippen LogP contribution in [0.4, 0.5) is 0 Å². The molecule has 0 aliphatic carbocycles. The predicted octanol–water partition coefficient (Wildman–Crippen LogP) is 1.68. The maximum Gasteiger partial charge on any atom is 0.304 e. The van der Waals surface area contributed by atoms with Gasteiger partial charge in [-0.2, -0.15) is 0 Å². The number of hydrogen-bond acceptors (Lipinski definition) is 1. The zero-order valence-corrected chi connectivity index (χ0v) is 6.13. The van der Waals surface area contributed by atoms with Gasteiger partial charge in [0.2, 0.25) is 0 Å². The molecule has 56 valence electrons. The highest BCUT2D eigenvalue weighted by Gasteiger charge is 1.89. The van der Waals surface area contributed by atoms with Crippen molar-refractivity contribution >= 4 is 5.97 Å². The average Bonchev–Trinajstić information content (AvgIpc) is 1.85. The lowest BCUT2D eigenvalue weighted by molar-refractivity contribution is -0.136. The summed E-state index contributed by atoms with van der Waals surface area (Å²) in [6.45, 7) is 5.25. The summed E-state index contributed by atoms with van der Waals surface area (Å²) in [7, 11) is 0. The Labute approximate surface area is 61.6 Å². The molecule has 0 rings (SSSR count). The van der Waals surface area contributed by atoms with Gasteiger partial charge in [0.15, 0.2) is 0 Å². The number of carboxylic acid groups (broad SMARTS) is 1. The minimum absolute atomic E-state index is 0.0799. The second-order valence-electron chi connectivity index (χ2n) is 1.51. The van der Waals surface area contributed by atoms with Crippen molar-refractivity contribution in [2.75, 3.05) is 0 Å². The van der Waals surface area contributed by atoms with E-state index in [4.69, 9.17) is 11.5 Å². The van der Waals surface area contributed by atoms with Crippen molar-refractivity contribution in [1.82, 2.24) is 0 Å². The molecule has 0 aromatic heterocycles. The molecule has 2 heteroatoms. The summed E-state index contributed by atoms with van der Waals surface area (Å²) in [6.07, 6.45) is 6.92. The summed E-state index contributed by atoms with van der Waals surface area (Å²) in [6, 6.07) is 0. The van der Waals surface area contributed by atoms with Crippen LogP contribution >= 0.6 is 0 Å². The standard InChI is InChI=1S/C5H6O2.C3H6/c1-2-3-4-5(6)7;1-3-2/h1H,3-4H2,(H,6,7);3H,1H2,2H3. The largest absolute Gasteiger partial charge is 0.481 e. The van der Waals surface area contributed by atoms with Crippen LogP contribution in [0.25, 0.3) is 0 Å². The van der Waals surface area contributed by atoms with Gasteiger partial charge in [-0.05, 0) is 6.92 Å². The Morgan fingerprint density at radius 1 is 1.90 bits per heavy atom. The Morgan fingerprint density at radius 3 is 2.40 bits per heavy atom. The molecule has 0 bridgehead atoms. The third-order valence-electron chi connectivity index (χ3n) is 0.483. The summed E-state index contributed by atoms with van der Waals surface area (Å²) in [4.78, 5) is 9.66. The van der Waals surface area contributed by atoms with Gasteiger partial charge >= 0.3 is 5.97 Å². The van der Waals surface area contributed by atoms with Gasteiger partial charge in [0.25, 0.3) is 0 Å². The summed E-state index contributed by atoms with van der Waals surface area (Å²) in [5.41, 5.74) is 0. The monoisotopic (exact) mass is 140 g/mol. The zero-order chi connectivity index (χ0) is 8.41. The molecule has 0 aromatic carbocycles. The topological polar surface area (TPSA) is 37.3 Å². The molecule has 0 heterocycles. The van der Waals surface area contributed by atoms with E-state index in [0.717, 1.165) is 0 Å². The number of allylic oxidation sites excluding steroid dienone is 1. The molecule has 0 aromatic rings. The van der Waals surface area contributed by atoms with E-state index in [1.807, 2.05) is 6.92 Å². The van der Waals surface area contributed by atoms with Crippen molar-refractivity contribution in [1.29, 1.82) is 0 Å². The van der Waals surface area contributed by atoms with Gasteiger partial charge in [0.1, 0.15) is 0 Å². The van der Waals surface area contributed by atoms with Crippen LogP contribution in [0.15, 0.2) is 12.7 Å². The summed E-state index contributed by atoms with van der Waals surface area (Å²) >= 11 is 0. The third-order valence-corrected chi connectivity index (χ3v) is 0.483. The Kier molecular flexibility index (Phi) is 12.4. The fourth-order valence-electron chi connectivity index (χ4n) is 0.179. The van der Waals surface area contributed by atoms with Crippen LogP contribution in [0.3, 0.4) is 0 Å². The van der Waals surface area contributed by atoms with Gasteiger partial charge in [-0.15, -0.1) is 18.9 Å². The van der Waals surface area contributed by atoms with E-state index >= 15 is 0 Å². The molecular formula is C8H12O2. The van der Waals surface area contributed by atoms with E-state index in [0.29, 0.717) is 6.42 Å². The van der Waals surface area contributed by atoms with Crippen molar-refractivity contribution in [2.45, 2.75) is 19.8 Å². The number of rotatable bonds is 2. The first-order chi connectivity index (χ1) is 4.68. The van der Waals surface area contributed by atoms with Crippen LogP contribution in [0, 0.1) is 12.3 Å². The molecule has 0 aliphatic heterocycles. The molecule has 0 radical (unpaired) electrons. The molecule has 0 fully saturated rings. The molecule has 0 unspecified atom stereocenters. The molecule has 1 N–H and O–H groups in total. The van der Waals surface area contributed by atoms with Crippen LogP contribution in [0.5, 0.6) is 0 Å². The van der Waals surface area contributed by atoms with Gasteiger partial charge in [0, 0.05) is 6.42 Å². The number of terminal acetylenes is 1. The Morgan fingerprint density at radius 2 is 2.30 bits per heavy atom. The van der Waals surface area contributed by atoms with Crippen LogP contribution in [0.1, 0.15) is 19.8 Å². The van der Waals surface area contributed by atoms with E-state index in [1.54, 1.807) is 6.08 Å². The first kappa shape index (κ1) is 11.6. The van der Waals surface area contributed by atoms with Gasteiger partial charge in [-0.25, -0.2) is 0 Å².